The summed E-state index contributed by atoms with van der Waals surface area (Å²) < 4.78 is 33.5. The second-order valence-electron chi connectivity index (χ2n) is 6.36. The van der Waals surface area contributed by atoms with Crippen molar-refractivity contribution in [1.29, 1.82) is 0 Å². The molecule has 1 aromatic rings. The van der Waals surface area contributed by atoms with E-state index >= 15 is 0 Å². The lowest BCUT2D eigenvalue weighted by Gasteiger charge is -2.13. The number of carbonyl (C=O) groups is 1. The van der Waals surface area contributed by atoms with E-state index in [9.17, 15) is 13.2 Å². The Labute approximate surface area is 130 Å². The summed E-state index contributed by atoms with van der Waals surface area (Å²) in [6, 6.07) is 1.97. The fourth-order valence-corrected chi connectivity index (χ4v) is 4.71. The van der Waals surface area contributed by atoms with Crippen molar-refractivity contribution in [2.45, 2.75) is 25.2 Å². The highest BCUT2D eigenvalue weighted by Crippen LogP contribution is 2.48. The summed E-state index contributed by atoms with van der Waals surface area (Å²) in [5.41, 5.74) is 0.323. The maximum absolute atomic E-state index is 12.2. The van der Waals surface area contributed by atoms with Crippen LogP contribution >= 0.6 is 0 Å². The van der Waals surface area contributed by atoms with E-state index in [0.29, 0.717) is 31.2 Å². The van der Waals surface area contributed by atoms with E-state index < -0.39 is 21.4 Å². The van der Waals surface area contributed by atoms with Crippen LogP contribution in [0, 0.1) is 11.3 Å². The molecule has 2 fully saturated rings. The lowest BCUT2D eigenvalue weighted by Crippen LogP contribution is -2.35. The maximum Gasteiger partial charge on any atom is 0.312 e. The van der Waals surface area contributed by atoms with Crippen molar-refractivity contribution in [2.24, 2.45) is 18.4 Å². The molecule has 0 unspecified atom stereocenters. The number of hydrogen-bond donors (Lipinski definition) is 1. The van der Waals surface area contributed by atoms with Crippen LogP contribution in [-0.4, -0.2) is 43.6 Å². The third kappa shape index (κ3) is 3.03. The average Bonchev–Trinajstić information content (AvgIpc) is 3.37. The van der Waals surface area contributed by atoms with Gasteiger partial charge in [0.25, 0.3) is 0 Å². The minimum atomic E-state index is -3.46. The minimum Gasteiger partial charge on any atom is -0.469 e. The van der Waals surface area contributed by atoms with E-state index in [1.165, 1.54) is 7.11 Å². The Bertz CT molecular complexity index is 678. The largest absolute Gasteiger partial charge is 0.469 e. The molecule has 2 aliphatic carbocycles. The van der Waals surface area contributed by atoms with E-state index in [1.807, 2.05) is 17.8 Å². The maximum atomic E-state index is 12.2. The number of ether oxygens (including phenoxy) is 1. The van der Waals surface area contributed by atoms with Gasteiger partial charge in [0.1, 0.15) is 0 Å². The van der Waals surface area contributed by atoms with Crippen LogP contribution in [0.4, 0.5) is 0 Å². The number of aromatic nitrogens is 2. The number of nitrogens with zero attached hydrogens (tertiary/aromatic N) is 2. The van der Waals surface area contributed by atoms with Gasteiger partial charge < -0.3 is 4.74 Å². The molecule has 0 radical (unpaired) electrons. The highest BCUT2D eigenvalue weighted by molar-refractivity contribution is 7.89. The van der Waals surface area contributed by atoms with Crippen molar-refractivity contribution in [3.8, 4) is 0 Å². The van der Waals surface area contributed by atoms with Gasteiger partial charge in [0.2, 0.25) is 10.0 Å². The average molecular weight is 327 g/mol. The van der Waals surface area contributed by atoms with Crippen molar-refractivity contribution in [2.75, 3.05) is 19.4 Å². The molecule has 2 aliphatic rings. The van der Waals surface area contributed by atoms with Crippen LogP contribution in [0.2, 0.25) is 0 Å². The number of sulfonamides is 1. The van der Waals surface area contributed by atoms with Gasteiger partial charge in [-0.25, -0.2) is 13.1 Å². The Morgan fingerprint density at radius 3 is 2.82 bits per heavy atom. The van der Waals surface area contributed by atoms with Crippen molar-refractivity contribution in [1.82, 2.24) is 14.5 Å². The number of methoxy groups -OCH3 is 1. The second kappa shape index (κ2) is 5.34. The van der Waals surface area contributed by atoms with Gasteiger partial charge in [-0.1, -0.05) is 0 Å². The number of rotatable bonds is 7. The number of carbonyl (C=O) groups excluding carboxylic acids is 1. The molecule has 8 heteroatoms. The zero-order valence-corrected chi connectivity index (χ0v) is 13.6. The fourth-order valence-electron chi connectivity index (χ4n) is 3.01. The zero-order chi connectivity index (χ0) is 16.0. The van der Waals surface area contributed by atoms with E-state index in [0.717, 1.165) is 12.1 Å². The summed E-state index contributed by atoms with van der Waals surface area (Å²) >= 11 is 0. The quantitative estimate of drug-likeness (QED) is 0.732. The Morgan fingerprint density at radius 2 is 2.27 bits per heavy atom. The number of nitrogens with one attached hydrogen (secondary N) is 1. The van der Waals surface area contributed by atoms with Gasteiger partial charge in [-0.05, 0) is 31.2 Å². The van der Waals surface area contributed by atoms with Gasteiger partial charge in [-0.3, -0.25) is 9.48 Å². The van der Waals surface area contributed by atoms with Gasteiger partial charge in [-0.15, -0.1) is 0 Å². The third-order valence-corrected chi connectivity index (χ3v) is 6.20. The number of hydrogen-bond acceptors (Lipinski definition) is 5. The summed E-state index contributed by atoms with van der Waals surface area (Å²) in [5.74, 6) is 0.0803. The van der Waals surface area contributed by atoms with Crippen LogP contribution in [0.3, 0.4) is 0 Å². The van der Waals surface area contributed by atoms with Gasteiger partial charge >= 0.3 is 5.97 Å². The van der Waals surface area contributed by atoms with E-state index in [-0.39, 0.29) is 5.75 Å². The Kier molecular flexibility index (Phi) is 3.76. The molecule has 1 aromatic heterocycles. The number of aryl methyl sites for hydroxylation is 1. The molecular weight excluding hydrogens is 306 g/mol. The van der Waals surface area contributed by atoms with Crippen LogP contribution in [-0.2, 0) is 26.6 Å². The topological polar surface area (TPSA) is 90.3 Å². The van der Waals surface area contributed by atoms with Crippen molar-refractivity contribution in [3.63, 3.8) is 0 Å². The lowest BCUT2D eigenvalue weighted by molar-refractivity contribution is -0.146. The Balaban J connectivity index is 1.52. The van der Waals surface area contributed by atoms with Gasteiger partial charge in [-0.2, -0.15) is 5.10 Å². The molecule has 0 amide bonds. The summed E-state index contributed by atoms with van der Waals surface area (Å²) in [5, 5.41) is 4.13. The molecule has 0 spiro atoms. The van der Waals surface area contributed by atoms with Gasteiger partial charge in [0.15, 0.2) is 0 Å². The predicted octanol–water partition coefficient (Wildman–Crippen LogP) is 0.396. The predicted molar refractivity (Wildman–Crippen MR) is 79.5 cm³/mol. The second-order valence-corrected chi connectivity index (χ2v) is 8.17. The number of esters is 1. The molecule has 122 valence electrons. The summed E-state index contributed by atoms with van der Waals surface area (Å²) in [6.07, 6.45) is 3.88. The summed E-state index contributed by atoms with van der Waals surface area (Å²) in [7, 11) is -0.275. The van der Waals surface area contributed by atoms with E-state index in [2.05, 4.69) is 9.82 Å². The summed E-state index contributed by atoms with van der Waals surface area (Å²) in [6.45, 7) is 0.412. The molecule has 3 rings (SSSR count). The van der Waals surface area contributed by atoms with Gasteiger partial charge in [0, 0.05) is 31.4 Å². The molecule has 7 nitrogen and oxygen atoms in total. The molecule has 1 N–H and O–H groups in total. The summed E-state index contributed by atoms with van der Waals surface area (Å²) in [4.78, 5) is 11.6. The van der Waals surface area contributed by atoms with Crippen LogP contribution in [0.15, 0.2) is 12.3 Å². The molecule has 22 heavy (non-hydrogen) atoms. The van der Waals surface area contributed by atoms with Crippen LogP contribution in [0.1, 0.15) is 30.9 Å². The molecule has 0 aliphatic heterocycles. The molecule has 0 saturated heterocycles. The Morgan fingerprint density at radius 1 is 1.55 bits per heavy atom. The normalized spacial score (nSPS) is 25.7. The first-order valence-corrected chi connectivity index (χ1v) is 9.06. The molecule has 2 saturated carbocycles. The SMILES string of the molecule is COC(=O)C1(CS(=O)(=O)NC[C@@H]2C[C@H]2c2ccnn2C)CC1. The molecule has 0 aromatic carbocycles. The first kappa shape index (κ1) is 15.5. The van der Waals surface area contributed by atoms with Crippen molar-refractivity contribution < 1.29 is 17.9 Å². The fraction of sp³-hybridized carbons (Fsp3) is 0.714. The minimum absolute atomic E-state index is 0.171. The van der Waals surface area contributed by atoms with Crippen molar-refractivity contribution in [3.05, 3.63) is 18.0 Å². The first-order chi connectivity index (χ1) is 10.4. The van der Waals surface area contributed by atoms with E-state index in [4.69, 9.17) is 4.74 Å². The zero-order valence-electron chi connectivity index (χ0n) is 12.8. The van der Waals surface area contributed by atoms with Gasteiger partial charge in [0.05, 0.1) is 18.3 Å². The third-order valence-electron chi connectivity index (χ3n) is 4.67. The molecule has 1 heterocycles. The standard InChI is InChI=1S/C14H21N3O4S/c1-17-12(3-6-15-17)11-7-10(11)8-16-22(19,20)9-14(4-5-14)13(18)21-2/h3,6,10-11,16H,4-5,7-9H2,1-2H3/t10-,11+/m0/s1. The highest BCUT2D eigenvalue weighted by atomic mass is 32.2. The van der Waals surface area contributed by atoms with E-state index in [1.54, 1.807) is 6.20 Å². The Hall–Kier alpha value is -1.41. The molecule has 0 bridgehead atoms. The first-order valence-electron chi connectivity index (χ1n) is 7.40. The van der Waals surface area contributed by atoms with Crippen LogP contribution in [0.25, 0.3) is 0 Å². The van der Waals surface area contributed by atoms with Crippen LogP contribution < -0.4 is 4.72 Å². The lowest BCUT2D eigenvalue weighted by atomic mass is 10.1. The van der Waals surface area contributed by atoms with Crippen LogP contribution in [0.5, 0.6) is 0 Å². The molecule has 2 atom stereocenters. The van der Waals surface area contributed by atoms with Crippen molar-refractivity contribution >= 4 is 16.0 Å². The molecular formula is C14H21N3O4S. The monoisotopic (exact) mass is 327 g/mol. The highest BCUT2D eigenvalue weighted by Gasteiger charge is 2.54. The smallest absolute Gasteiger partial charge is 0.312 e.